The van der Waals surface area contributed by atoms with Crippen molar-refractivity contribution in [3.05, 3.63) is 23.9 Å². The fourth-order valence-corrected chi connectivity index (χ4v) is 0.856. The molecule has 1 rings (SSSR count). The van der Waals surface area contributed by atoms with E-state index in [0.29, 0.717) is 5.69 Å². The van der Waals surface area contributed by atoms with Crippen LogP contribution in [0.15, 0.2) is 18.2 Å². The van der Waals surface area contributed by atoms with Crippen LogP contribution in [0.4, 0.5) is 4.39 Å². The molecule has 12 heavy (non-hydrogen) atoms. The van der Waals surface area contributed by atoms with Crippen LogP contribution in [0.3, 0.4) is 0 Å². The monoisotopic (exact) mass is 160 g/mol. The average Bonchev–Trinajstić information content (AvgIpc) is 2.17. The highest BCUT2D eigenvalue weighted by molar-refractivity contribution is 6.50. The zero-order valence-corrected chi connectivity index (χ0v) is 6.79. The van der Waals surface area contributed by atoms with Gasteiger partial charge in [-0.1, -0.05) is 24.9 Å². The molecular formula is C9H8BFN. The number of hydrogen-bond acceptors (Lipinski definition) is 1. The van der Waals surface area contributed by atoms with Gasteiger partial charge in [-0.2, -0.15) is 0 Å². The van der Waals surface area contributed by atoms with Gasteiger partial charge in [0.2, 0.25) is 6.17 Å². The van der Waals surface area contributed by atoms with E-state index in [1.807, 2.05) is 12.7 Å². The zero-order chi connectivity index (χ0) is 8.97. The van der Waals surface area contributed by atoms with Gasteiger partial charge in [0, 0.05) is 0 Å². The predicted molar refractivity (Wildman–Crippen MR) is 48.2 cm³/mol. The van der Waals surface area contributed by atoms with Gasteiger partial charge in [-0.25, -0.2) is 4.39 Å². The van der Waals surface area contributed by atoms with Crippen molar-refractivity contribution < 1.29 is 4.39 Å². The number of aromatic nitrogens is 1. The number of terminal acetylenes is 1. The molecule has 0 saturated carbocycles. The Bertz CT molecular complexity index is 306. The summed E-state index contributed by atoms with van der Waals surface area (Å²) in [7, 11) is 1.80. The molecule has 0 aromatic carbocycles. The molecule has 0 aliphatic carbocycles. The van der Waals surface area contributed by atoms with Crippen molar-refractivity contribution >= 4 is 12.9 Å². The van der Waals surface area contributed by atoms with E-state index in [9.17, 15) is 4.39 Å². The number of hydrogen-bond donors (Lipinski definition) is 0. The van der Waals surface area contributed by atoms with E-state index in [1.54, 1.807) is 25.5 Å². The van der Waals surface area contributed by atoms with Crippen LogP contribution in [0.5, 0.6) is 0 Å². The SMILES string of the molecule is C#CC(F)c1cccc([B]C)n1. The first-order valence-electron chi connectivity index (χ1n) is 3.64. The number of pyridine rings is 1. The molecule has 0 N–H and O–H groups in total. The summed E-state index contributed by atoms with van der Waals surface area (Å²) in [5, 5.41) is 0. The highest BCUT2D eigenvalue weighted by Gasteiger charge is 2.06. The van der Waals surface area contributed by atoms with Crippen molar-refractivity contribution in [2.75, 3.05) is 0 Å². The van der Waals surface area contributed by atoms with E-state index in [4.69, 9.17) is 6.42 Å². The Hall–Kier alpha value is -1.30. The van der Waals surface area contributed by atoms with Crippen molar-refractivity contribution in [1.82, 2.24) is 4.98 Å². The topological polar surface area (TPSA) is 12.9 Å². The first-order chi connectivity index (χ1) is 5.77. The average molecular weight is 160 g/mol. The molecule has 1 atom stereocenters. The van der Waals surface area contributed by atoms with Crippen LogP contribution in [0.2, 0.25) is 6.82 Å². The molecular weight excluding hydrogens is 152 g/mol. The van der Waals surface area contributed by atoms with E-state index in [-0.39, 0.29) is 0 Å². The maximum absolute atomic E-state index is 12.9. The summed E-state index contributed by atoms with van der Waals surface area (Å²) < 4.78 is 12.9. The predicted octanol–water partition coefficient (Wildman–Crippen LogP) is 1.10. The molecule has 0 spiro atoms. The van der Waals surface area contributed by atoms with E-state index in [0.717, 1.165) is 5.59 Å². The molecule has 0 aliphatic heterocycles. The highest BCUT2D eigenvalue weighted by Crippen LogP contribution is 2.10. The summed E-state index contributed by atoms with van der Waals surface area (Å²) in [6.45, 7) is 1.84. The lowest BCUT2D eigenvalue weighted by atomic mass is 9.77. The molecule has 59 valence electrons. The molecule has 1 aromatic rings. The normalized spacial score (nSPS) is 11.8. The van der Waals surface area contributed by atoms with Gasteiger partial charge in [0.05, 0.1) is 5.69 Å². The van der Waals surface area contributed by atoms with Crippen molar-refractivity contribution in [1.29, 1.82) is 0 Å². The Morgan fingerprint density at radius 1 is 1.67 bits per heavy atom. The van der Waals surface area contributed by atoms with Crippen LogP contribution in [0, 0.1) is 12.3 Å². The lowest BCUT2D eigenvalue weighted by Gasteiger charge is -2.01. The second-order valence-corrected chi connectivity index (χ2v) is 2.31. The Kier molecular flexibility index (Phi) is 2.87. The van der Waals surface area contributed by atoms with Crippen LogP contribution < -0.4 is 5.59 Å². The highest BCUT2D eigenvalue weighted by atomic mass is 19.1. The summed E-state index contributed by atoms with van der Waals surface area (Å²) >= 11 is 0. The zero-order valence-electron chi connectivity index (χ0n) is 6.79. The first-order valence-corrected chi connectivity index (χ1v) is 3.64. The van der Waals surface area contributed by atoms with Gasteiger partial charge in [0.25, 0.3) is 0 Å². The number of alkyl halides is 1. The first kappa shape index (κ1) is 8.80. The Morgan fingerprint density at radius 2 is 2.42 bits per heavy atom. The van der Waals surface area contributed by atoms with Crippen LogP contribution in [-0.4, -0.2) is 12.3 Å². The van der Waals surface area contributed by atoms with Crippen molar-refractivity contribution in [2.45, 2.75) is 13.0 Å². The van der Waals surface area contributed by atoms with Crippen LogP contribution in [-0.2, 0) is 0 Å². The lowest BCUT2D eigenvalue weighted by molar-refractivity contribution is 0.420. The Morgan fingerprint density at radius 3 is 3.00 bits per heavy atom. The van der Waals surface area contributed by atoms with Gasteiger partial charge in [0.15, 0.2) is 7.28 Å². The fraction of sp³-hybridized carbons (Fsp3) is 0.222. The van der Waals surface area contributed by atoms with Crippen LogP contribution in [0.1, 0.15) is 11.9 Å². The number of halogens is 1. The minimum absolute atomic E-state index is 0.299. The van der Waals surface area contributed by atoms with E-state index in [1.165, 1.54) is 0 Å². The molecule has 3 heteroatoms. The summed E-state index contributed by atoms with van der Waals surface area (Å²) in [6.07, 6.45) is 3.52. The Balaban J connectivity index is 2.95. The third-order valence-electron chi connectivity index (χ3n) is 1.49. The molecule has 0 bridgehead atoms. The third kappa shape index (κ3) is 1.85. The molecule has 1 radical (unpaired) electrons. The number of rotatable bonds is 2. The summed E-state index contributed by atoms with van der Waals surface area (Å²) in [5.74, 6) is 1.99. The van der Waals surface area contributed by atoms with Crippen LogP contribution >= 0.6 is 0 Å². The van der Waals surface area contributed by atoms with Gasteiger partial charge >= 0.3 is 0 Å². The maximum atomic E-state index is 12.9. The van der Waals surface area contributed by atoms with Crippen LogP contribution in [0.25, 0.3) is 0 Å². The van der Waals surface area contributed by atoms with Crippen molar-refractivity contribution in [2.24, 2.45) is 0 Å². The maximum Gasteiger partial charge on any atom is 0.202 e. The molecule has 1 nitrogen and oxygen atoms in total. The molecule has 0 fully saturated rings. The molecule has 1 unspecified atom stereocenters. The lowest BCUT2D eigenvalue weighted by Crippen LogP contribution is -2.16. The quantitative estimate of drug-likeness (QED) is 0.466. The molecule has 0 amide bonds. The summed E-state index contributed by atoms with van der Waals surface area (Å²) in [6, 6.07) is 5.12. The smallest absolute Gasteiger partial charge is 0.202 e. The van der Waals surface area contributed by atoms with E-state index < -0.39 is 6.17 Å². The summed E-state index contributed by atoms with van der Waals surface area (Å²) in [4.78, 5) is 3.99. The molecule has 1 heterocycles. The minimum Gasteiger partial charge on any atom is -0.264 e. The third-order valence-corrected chi connectivity index (χ3v) is 1.49. The van der Waals surface area contributed by atoms with Crippen molar-refractivity contribution in [3.8, 4) is 12.3 Å². The van der Waals surface area contributed by atoms with Gasteiger partial charge in [-0.15, -0.1) is 6.42 Å². The second-order valence-electron chi connectivity index (χ2n) is 2.31. The van der Waals surface area contributed by atoms with Gasteiger partial charge < -0.3 is 0 Å². The second kappa shape index (κ2) is 3.92. The molecule has 0 saturated heterocycles. The van der Waals surface area contributed by atoms with E-state index in [2.05, 4.69) is 4.98 Å². The van der Waals surface area contributed by atoms with Gasteiger partial charge in [0.1, 0.15) is 0 Å². The number of nitrogens with zero attached hydrogens (tertiary/aromatic N) is 1. The van der Waals surface area contributed by atoms with Crippen molar-refractivity contribution in [3.63, 3.8) is 0 Å². The van der Waals surface area contributed by atoms with E-state index >= 15 is 0 Å². The standard InChI is InChI=1S/C9H8BFN/c1-3-7(11)8-5-4-6-9(10-2)12-8/h1,4-7H,2H3. The minimum atomic E-state index is -1.40. The largest absolute Gasteiger partial charge is 0.264 e. The van der Waals surface area contributed by atoms with Gasteiger partial charge in [-0.3, -0.25) is 4.98 Å². The fourth-order valence-electron chi connectivity index (χ4n) is 0.856. The summed E-state index contributed by atoms with van der Waals surface area (Å²) in [5.41, 5.74) is 1.04. The Labute approximate surface area is 72.3 Å². The van der Waals surface area contributed by atoms with Gasteiger partial charge in [-0.05, 0) is 11.7 Å². The molecule has 1 aromatic heterocycles. The molecule has 0 aliphatic rings.